The van der Waals surface area contributed by atoms with E-state index in [2.05, 4.69) is 35.4 Å². The lowest BCUT2D eigenvalue weighted by molar-refractivity contribution is -0.143. The zero-order valence-electron chi connectivity index (χ0n) is 19.6. The van der Waals surface area contributed by atoms with Gasteiger partial charge in [-0.15, -0.1) is 0 Å². The summed E-state index contributed by atoms with van der Waals surface area (Å²) in [6, 6.07) is 10.3. The van der Waals surface area contributed by atoms with Gasteiger partial charge in [0, 0.05) is 24.3 Å². The number of hydrogen-bond acceptors (Lipinski definition) is 6. The first kappa shape index (κ1) is 22.3. The third-order valence-electron chi connectivity index (χ3n) is 6.83. The van der Waals surface area contributed by atoms with Crippen molar-refractivity contribution in [2.45, 2.75) is 76.9 Å². The smallest absolute Gasteiger partial charge is 0.256 e. The number of carbonyl (C=O) groups is 1. The zero-order chi connectivity index (χ0) is 22.9. The summed E-state index contributed by atoms with van der Waals surface area (Å²) < 4.78 is 17.7. The van der Waals surface area contributed by atoms with Crippen LogP contribution in [-0.4, -0.2) is 48.5 Å². The summed E-state index contributed by atoms with van der Waals surface area (Å²) in [6.07, 6.45) is 4.14. The molecule has 4 heterocycles. The predicted octanol–water partition coefficient (Wildman–Crippen LogP) is 4.54. The first-order valence-corrected chi connectivity index (χ1v) is 12.0. The predicted molar refractivity (Wildman–Crippen MR) is 127 cm³/mol. The Labute approximate surface area is 195 Å². The number of ether oxygens (including phenoxy) is 3. The van der Waals surface area contributed by atoms with Gasteiger partial charge in [0.05, 0.1) is 42.8 Å². The molecule has 3 aliphatic rings. The van der Waals surface area contributed by atoms with Crippen LogP contribution < -0.4 is 10.2 Å². The molecule has 176 valence electrons. The molecular weight excluding hydrogens is 418 g/mol. The monoisotopic (exact) mass is 451 g/mol. The largest absolute Gasteiger partial charge is 0.378 e. The minimum atomic E-state index is -0.472. The van der Waals surface area contributed by atoms with E-state index in [1.54, 1.807) is 6.20 Å². The Morgan fingerprint density at radius 2 is 2.09 bits per heavy atom. The van der Waals surface area contributed by atoms with Gasteiger partial charge in [-0.1, -0.05) is 12.1 Å². The molecule has 1 amide bonds. The maximum absolute atomic E-state index is 13.8. The Bertz CT molecular complexity index is 1000. The second-order valence-corrected chi connectivity index (χ2v) is 9.51. The molecule has 4 atom stereocenters. The van der Waals surface area contributed by atoms with Crippen molar-refractivity contribution in [1.29, 1.82) is 0 Å². The van der Waals surface area contributed by atoms with E-state index >= 15 is 0 Å². The standard InChI is InChI=1S/C26H33N3O4/c1-16(2)33-20-7-9-24(32-15-20)26(30)29-14-19-5-4-11-27-25(19)28-22-8-6-18(13-23(22)29)21-10-12-31-17(21)3/h4-6,8,11,13,16-17,20-21,24H,7,9-10,12,14-15H2,1-3H3,(H,27,28)/t17-,20+,21+,24-/m1/s1. The van der Waals surface area contributed by atoms with Crippen LogP contribution >= 0.6 is 0 Å². The van der Waals surface area contributed by atoms with Crippen molar-refractivity contribution in [3.8, 4) is 0 Å². The summed E-state index contributed by atoms with van der Waals surface area (Å²) in [5, 5.41) is 3.45. The van der Waals surface area contributed by atoms with Gasteiger partial charge < -0.3 is 24.4 Å². The van der Waals surface area contributed by atoms with Crippen LogP contribution in [-0.2, 0) is 25.5 Å². The van der Waals surface area contributed by atoms with E-state index < -0.39 is 6.10 Å². The molecule has 2 fully saturated rings. The first-order chi connectivity index (χ1) is 16.0. The average Bonchev–Trinajstić information content (AvgIpc) is 3.16. The Morgan fingerprint density at radius 3 is 2.82 bits per heavy atom. The maximum Gasteiger partial charge on any atom is 0.256 e. The molecule has 2 aromatic rings. The van der Waals surface area contributed by atoms with Gasteiger partial charge in [0.25, 0.3) is 5.91 Å². The van der Waals surface area contributed by atoms with E-state index in [0.29, 0.717) is 25.5 Å². The highest BCUT2D eigenvalue weighted by Crippen LogP contribution is 2.40. The summed E-state index contributed by atoms with van der Waals surface area (Å²) in [6.45, 7) is 7.84. The normalized spacial score (nSPS) is 27.0. The topological polar surface area (TPSA) is 72.9 Å². The third-order valence-corrected chi connectivity index (χ3v) is 6.83. The number of amides is 1. The molecule has 7 heteroatoms. The molecule has 3 aliphatic heterocycles. The fraction of sp³-hybridized carbons (Fsp3) is 0.538. The highest BCUT2D eigenvalue weighted by molar-refractivity contribution is 6.01. The number of nitrogens with zero attached hydrogens (tertiary/aromatic N) is 2. The lowest BCUT2D eigenvalue weighted by atomic mass is 9.92. The van der Waals surface area contributed by atoms with Gasteiger partial charge in [0.15, 0.2) is 0 Å². The maximum atomic E-state index is 13.8. The highest BCUT2D eigenvalue weighted by atomic mass is 16.5. The number of fused-ring (bicyclic) bond motifs is 2. The first-order valence-electron chi connectivity index (χ1n) is 12.0. The molecule has 2 saturated heterocycles. The minimum Gasteiger partial charge on any atom is -0.378 e. The fourth-order valence-corrected chi connectivity index (χ4v) is 5.12. The van der Waals surface area contributed by atoms with Gasteiger partial charge in [0.2, 0.25) is 0 Å². The van der Waals surface area contributed by atoms with Crippen LogP contribution in [0.5, 0.6) is 0 Å². The summed E-state index contributed by atoms with van der Waals surface area (Å²) in [5.74, 6) is 1.11. The molecule has 5 rings (SSSR count). The molecule has 1 aromatic heterocycles. The van der Waals surface area contributed by atoms with Gasteiger partial charge in [-0.2, -0.15) is 0 Å². The van der Waals surface area contributed by atoms with Crippen LogP contribution in [0.25, 0.3) is 0 Å². The van der Waals surface area contributed by atoms with Crippen LogP contribution in [0, 0.1) is 0 Å². The minimum absolute atomic E-state index is 0.00868. The summed E-state index contributed by atoms with van der Waals surface area (Å²) in [4.78, 5) is 20.2. The lowest BCUT2D eigenvalue weighted by Crippen LogP contribution is -2.44. The average molecular weight is 452 g/mol. The lowest BCUT2D eigenvalue weighted by Gasteiger charge is -2.33. The molecule has 0 aliphatic carbocycles. The van der Waals surface area contributed by atoms with Crippen molar-refractivity contribution in [3.05, 3.63) is 47.7 Å². The van der Waals surface area contributed by atoms with Crippen LogP contribution in [0.2, 0.25) is 0 Å². The summed E-state index contributed by atoms with van der Waals surface area (Å²) in [5.41, 5.74) is 3.94. The molecular formula is C26H33N3O4. The zero-order valence-corrected chi connectivity index (χ0v) is 19.6. The van der Waals surface area contributed by atoms with Crippen LogP contribution in [0.15, 0.2) is 36.5 Å². The van der Waals surface area contributed by atoms with Crippen molar-refractivity contribution < 1.29 is 19.0 Å². The van der Waals surface area contributed by atoms with Crippen molar-refractivity contribution in [2.75, 3.05) is 23.4 Å². The number of carbonyl (C=O) groups excluding carboxylic acids is 1. The molecule has 33 heavy (non-hydrogen) atoms. The van der Waals surface area contributed by atoms with Crippen molar-refractivity contribution in [1.82, 2.24) is 4.98 Å². The van der Waals surface area contributed by atoms with Crippen molar-refractivity contribution >= 4 is 23.1 Å². The molecule has 0 radical (unpaired) electrons. The molecule has 7 nitrogen and oxygen atoms in total. The SMILES string of the molecule is CC(C)O[C@H]1CC[C@H](C(=O)N2Cc3cccnc3Nc3ccc([C@H]4CCO[C@@H]4C)cc32)OC1. The Balaban J connectivity index is 1.45. The van der Waals surface area contributed by atoms with Crippen molar-refractivity contribution in [2.24, 2.45) is 0 Å². The Hall–Kier alpha value is -2.48. The molecule has 0 bridgehead atoms. The second kappa shape index (κ2) is 9.41. The van der Waals surface area contributed by atoms with Gasteiger partial charge >= 0.3 is 0 Å². The van der Waals surface area contributed by atoms with Gasteiger partial charge in [-0.25, -0.2) is 4.98 Å². The number of anilines is 3. The van der Waals surface area contributed by atoms with Crippen molar-refractivity contribution in [3.63, 3.8) is 0 Å². The van der Waals surface area contributed by atoms with Crippen LogP contribution in [0.4, 0.5) is 17.2 Å². The van der Waals surface area contributed by atoms with E-state index in [9.17, 15) is 4.79 Å². The molecule has 1 N–H and O–H groups in total. The van der Waals surface area contributed by atoms with E-state index in [4.69, 9.17) is 14.2 Å². The van der Waals surface area contributed by atoms with E-state index in [1.807, 2.05) is 30.9 Å². The number of hydrogen-bond donors (Lipinski definition) is 1. The van der Waals surface area contributed by atoms with E-state index in [-0.39, 0.29) is 24.2 Å². The number of nitrogens with one attached hydrogen (secondary N) is 1. The Morgan fingerprint density at radius 1 is 1.21 bits per heavy atom. The highest BCUT2D eigenvalue weighted by Gasteiger charge is 2.35. The number of rotatable bonds is 4. The van der Waals surface area contributed by atoms with Gasteiger partial charge in [-0.3, -0.25) is 4.79 Å². The van der Waals surface area contributed by atoms with Crippen LogP contribution in [0.3, 0.4) is 0 Å². The molecule has 1 aromatic carbocycles. The third kappa shape index (κ3) is 4.63. The van der Waals surface area contributed by atoms with E-state index in [0.717, 1.165) is 42.2 Å². The number of benzene rings is 1. The number of pyridine rings is 1. The molecule has 0 spiro atoms. The van der Waals surface area contributed by atoms with Gasteiger partial charge in [0.1, 0.15) is 11.9 Å². The summed E-state index contributed by atoms with van der Waals surface area (Å²) in [7, 11) is 0. The van der Waals surface area contributed by atoms with Gasteiger partial charge in [-0.05, 0) is 63.8 Å². The van der Waals surface area contributed by atoms with Crippen LogP contribution in [0.1, 0.15) is 57.1 Å². The number of aromatic nitrogens is 1. The molecule has 0 unspecified atom stereocenters. The van der Waals surface area contributed by atoms with E-state index in [1.165, 1.54) is 5.56 Å². The fourth-order valence-electron chi connectivity index (χ4n) is 5.12. The Kier molecular flexibility index (Phi) is 6.36. The second-order valence-electron chi connectivity index (χ2n) is 9.51. The molecule has 0 saturated carbocycles. The summed E-state index contributed by atoms with van der Waals surface area (Å²) >= 11 is 0. The quantitative estimate of drug-likeness (QED) is 0.736.